The molecule has 8 heteroatoms. The third-order valence-electron chi connectivity index (χ3n) is 4.07. The molecule has 2 N–H and O–H groups in total. The number of para-hydroxylation sites is 1. The Morgan fingerprint density at radius 1 is 1.28 bits per heavy atom. The predicted octanol–water partition coefficient (Wildman–Crippen LogP) is 2.50. The normalized spacial score (nSPS) is 16.1. The van der Waals surface area contributed by atoms with Gasteiger partial charge >= 0.3 is 6.03 Å². The lowest BCUT2D eigenvalue weighted by molar-refractivity contribution is 0.246. The van der Waals surface area contributed by atoms with Crippen molar-refractivity contribution in [1.29, 1.82) is 0 Å². The molecule has 1 aliphatic rings. The van der Waals surface area contributed by atoms with Gasteiger partial charge in [-0.3, -0.25) is 0 Å². The largest absolute Gasteiger partial charge is 0.347 e. The summed E-state index contributed by atoms with van der Waals surface area (Å²) >= 11 is 0. The molecule has 0 aliphatic heterocycles. The summed E-state index contributed by atoms with van der Waals surface area (Å²) < 4.78 is 27.2. The molecule has 1 aromatic carbocycles. The van der Waals surface area contributed by atoms with Gasteiger partial charge in [0, 0.05) is 32.0 Å². The molecule has 0 bridgehead atoms. The highest BCUT2D eigenvalue weighted by atomic mass is 19.1. The molecule has 1 atom stereocenters. The van der Waals surface area contributed by atoms with E-state index in [0.29, 0.717) is 25.2 Å². The smallest absolute Gasteiger partial charge is 0.319 e. The van der Waals surface area contributed by atoms with Crippen LogP contribution >= 0.6 is 0 Å². The molecule has 0 spiro atoms. The van der Waals surface area contributed by atoms with Gasteiger partial charge in [-0.05, 0) is 37.0 Å². The van der Waals surface area contributed by atoms with Crippen LogP contribution in [0, 0.1) is 11.6 Å². The van der Waals surface area contributed by atoms with Gasteiger partial charge in [0.1, 0.15) is 17.3 Å². The van der Waals surface area contributed by atoms with E-state index in [4.69, 9.17) is 0 Å². The van der Waals surface area contributed by atoms with Gasteiger partial charge in [0.2, 0.25) is 5.95 Å². The number of aromatic nitrogens is 2. The van der Waals surface area contributed by atoms with E-state index >= 15 is 0 Å². The van der Waals surface area contributed by atoms with Gasteiger partial charge in [0.15, 0.2) is 0 Å². The molecule has 2 aromatic rings. The second-order valence-corrected chi connectivity index (χ2v) is 6.17. The highest BCUT2D eigenvalue weighted by Gasteiger charge is 2.23. The van der Waals surface area contributed by atoms with E-state index in [-0.39, 0.29) is 6.04 Å². The summed E-state index contributed by atoms with van der Waals surface area (Å²) in [4.78, 5) is 22.7. The molecule has 1 heterocycles. The molecular weight excluding hydrogens is 328 g/mol. The summed E-state index contributed by atoms with van der Waals surface area (Å²) in [5.41, 5.74) is 1.49. The van der Waals surface area contributed by atoms with Crippen molar-refractivity contribution in [1.82, 2.24) is 15.3 Å². The lowest BCUT2D eigenvalue weighted by atomic mass is 9.93. The Morgan fingerprint density at radius 2 is 2.00 bits per heavy atom. The molecule has 1 aromatic heterocycles. The first-order chi connectivity index (χ1) is 11.9. The Kier molecular flexibility index (Phi) is 4.78. The van der Waals surface area contributed by atoms with Crippen molar-refractivity contribution < 1.29 is 13.6 Å². The molecule has 2 amide bonds. The van der Waals surface area contributed by atoms with Crippen molar-refractivity contribution in [2.24, 2.45) is 0 Å². The number of nitrogens with one attached hydrogen (secondary N) is 2. The molecule has 0 fully saturated rings. The van der Waals surface area contributed by atoms with Crippen molar-refractivity contribution in [3.8, 4) is 0 Å². The van der Waals surface area contributed by atoms with Crippen LogP contribution in [-0.2, 0) is 12.8 Å². The Morgan fingerprint density at radius 3 is 2.68 bits per heavy atom. The summed E-state index contributed by atoms with van der Waals surface area (Å²) in [5, 5.41) is 4.99. The lowest BCUT2D eigenvalue weighted by Crippen LogP contribution is -2.41. The number of anilines is 2. The fourth-order valence-electron chi connectivity index (χ4n) is 2.79. The third-order valence-corrected chi connectivity index (χ3v) is 4.07. The van der Waals surface area contributed by atoms with E-state index in [1.165, 1.54) is 6.07 Å². The SMILES string of the molecule is CN(C)c1ncc2c(n1)CCC(NC(=O)Nc1c(F)cccc1F)C2. The maximum absolute atomic E-state index is 13.6. The predicted molar refractivity (Wildman–Crippen MR) is 90.7 cm³/mol. The number of hydrogen-bond acceptors (Lipinski definition) is 4. The van der Waals surface area contributed by atoms with Crippen molar-refractivity contribution in [2.75, 3.05) is 24.3 Å². The number of halogens is 2. The summed E-state index contributed by atoms with van der Waals surface area (Å²) in [6.07, 6.45) is 3.75. The van der Waals surface area contributed by atoms with E-state index in [2.05, 4.69) is 20.6 Å². The Hall–Kier alpha value is -2.77. The molecule has 0 radical (unpaired) electrons. The summed E-state index contributed by atoms with van der Waals surface area (Å²) in [6, 6.07) is 2.65. The molecule has 25 heavy (non-hydrogen) atoms. The zero-order chi connectivity index (χ0) is 18.0. The van der Waals surface area contributed by atoms with Crippen LogP contribution in [0.15, 0.2) is 24.4 Å². The van der Waals surface area contributed by atoms with Gasteiger partial charge in [0.25, 0.3) is 0 Å². The van der Waals surface area contributed by atoms with Gasteiger partial charge in [-0.1, -0.05) is 6.07 Å². The standard InChI is InChI=1S/C17H19F2N5O/c1-24(2)16-20-9-10-8-11(6-7-14(10)22-16)21-17(25)23-15-12(18)4-3-5-13(15)19/h3-5,9,11H,6-8H2,1-2H3,(H2,21,23,25). The van der Waals surface area contributed by atoms with Crippen LogP contribution in [0.2, 0.25) is 0 Å². The Bertz CT molecular complexity index is 776. The van der Waals surface area contributed by atoms with Crippen molar-refractivity contribution in [2.45, 2.75) is 25.3 Å². The van der Waals surface area contributed by atoms with Crippen LogP contribution in [0.3, 0.4) is 0 Å². The topological polar surface area (TPSA) is 70.2 Å². The van der Waals surface area contributed by atoms with Crippen molar-refractivity contribution in [3.05, 3.63) is 47.3 Å². The van der Waals surface area contributed by atoms with Gasteiger partial charge in [-0.25, -0.2) is 23.5 Å². The highest BCUT2D eigenvalue weighted by Crippen LogP contribution is 2.22. The maximum atomic E-state index is 13.6. The molecule has 3 rings (SSSR count). The van der Waals surface area contributed by atoms with E-state index in [9.17, 15) is 13.6 Å². The summed E-state index contributed by atoms with van der Waals surface area (Å²) in [7, 11) is 3.75. The molecule has 0 saturated heterocycles. The first-order valence-corrected chi connectivity index (χ1v) is 7.97. The minimum absolute atomic E-state index is 0.142. The summed E-state index contributed by atoms with van der Waals surface area (Å²) in [6.45, 7) is 0. The zero-order valence-electron chi connectivity index (χ0n) is 14.0. The molecule has 0 saturated carbocycles. The maximum Gasteiger partial charge on any atom is 0.319 e. The molecule has 6 nitrogen and oxygen atoms in total. The number of rotatable bonds is 3. The fraction of sp³-hybridized carbons (Fsp3) is 0.353. The van der Waals surface area contributed by atoms with E-state index in [1.54, 1.807) is 6.20 Å². The van der Waals surface area contributed by atoms with Gasteiger partial charge < -0.3 is 15.5 Å². The number of urea groups is 1. The lowest BCUT2D eigenvalue weighted by Gasteiger charge is -2.25. The monoisotopic (exact) mass is 347 g/mol. The quantitative estimate of drug-likeness (QED) is 0.895. The second kappa shape index (κ2) is 7.00. The molecule has 132 valence electrons. The molecule has 1 unspecified atom stereocenters. The average Bonchev–Trinajstić information content (AvgIpc) is 2.57. The third kappa shape index (κ3) is 3.84. The van der Waals surface area contributed by atoms with Crippen molar-refractivity contribution in [3.63, 3.8) is 0 Å². The van der Waals surface area contributed by atoms with Crippen LogP contribution in [0.1, 0.15) is 17.7 Å². The number of nitrogens with zero attached hydrogens (tertiary/aromatic N) is 3. The molecular formula is C17H19F2N5O. The first kappa shape index (κ1) is 17.1. The van der Waals surface area contributed by atoms with E-state index in [1.807, 2.05) is 19.0 Å². The number of hydrogen-bond donors (Lipinski definition) is 2. The van der Waals surface area contributed by atoms with Crippen molar-refractivity contribution >= 4 is 17.7 Å². The van der Waals surface area contributed by atoms with Gasteiger partial charge in [0.05, 0.1) is 0 Å². The minimum atomic E-state index is -0.811. The summed E-state index contributed by atoms with van der Waals surface area (Å²) in [5.74, 6) is -0.972. The zero-order valence-corrected chi connectivity index (χ0v) is 14.0. The molecule has 1 aliphatic carbocycles. The van der Waals surface area contributed by atoms with Gasteiger partial charge in [-0.15, -0.1) is 0 Å². The second-order valence-electron chi connectivity index (χ2n) is 6.17. The number of aryl methyl sites for hydroxylation is 1. The number of carbonyl (C=O) groups is 1. The van der Waals surface area contributed by atoms with Crippen LogP contribution in [0.4, 0.5) is 25.2 Å². The minimum Gasteiger partial charge on any atom is -0.347 e. The van der Waals surface area contributed by atoms with E-state index < -0.39 is 23.4 Å². The van der Waals surface area contributed by atoms with Gasteiger partial charge in [-0.2, -0.15) is 0 Å². The Balaban J connectivity index is 1.64. The van der Waals surface area contributed by atoms with Crippen LogP contribution < -0.4 is 15.5 Å². The fourth-order valence-corrected chi connectivity index (χ4v) is 2.79. The first-order valence-electron chi connectivity index (χ1n) is 7.97. The van der Waals surface area contributed by atoms with Crippen LogP contribution in [-0.4, -0.2) is 36.1 Å². The number of carbonyl (C=O) groups excluding carboxylic acids is 1. The Labute approximate surface area is 144 Å². The highest BCUT2D eigenvalue weighted by molar-refractivity contribution is 5.89. The number of benzene rings is 1. The average molecular weight is 347 g/mol. The van der Waals surface area contributed by atoms with Crippen LogP contribution in [0.5, 0.6) is 0 Å². The van der Waals surface area contributed by atoms with E-state index in [0.717, 1.165) is 23.4 Å². The number of amides is 2. The van der Waals surface area contributed by atoms with Crippen LogP contribution in [0.25, 0.3) is 0 Å². The number of fused-ring (bicyclic) bond motifs is 1.